The summed E-state index contributed by atoms with van der Waals surface area (Å²) in [5.74, 6) is 0.776. The topological polar surface area (TPSA) is 84.3 Å². The number of aromatic nitrogens is 2. The zero-order valence-electron chi connectivity index (χ0n) is 12.2. The van der Waals surface area contributed by atoms with E-state index in [0.29, 0.717) is 29.7 Å². The number of carboxylic acids is 1. The van der Waals surface area contributed by atoms with Crippen molar-refractivity contribution in [1.82, 2.24) is 9.97 Å². The molecule has 0 aliphatic carbocycles. The third kappa shape index (κ3) is 3.68. The molecule has 2 rings (SSSR count). The fourth-order valence-electron chi connectivity index (χ4n) is 1.96. The van der Waals surface area contributed by atoms with Crippen LogP contribution in [-0.4, -0.2) is 27.7 Å². The van der Waals surface area contributed by atoms with Crippen LogP contribution in [0.4, 0.5) is 11.5 Å². The Labute approximate surface area is 122 Å². The maximum absolute atomic E-state index is 11.0. The fourth-order valence-corrected chi connectivity index (χ4v) is 1.96. The van der Waals surface area contributed by atoms with E-state index >= 15 is 0 Å². The number of ether oxygens (including phenoxy) is 1. The molecule has 0 saturated heterocycles. The van der Waals surface area contributed by atoms with E-state index in [-0.39, 0.29) is 5.56 Å². The van der Waals surface area contributed by atoms with Crippen molar-refractivity contribution >= 4 is 17.5 Å². The largest absolute Gasteiger partial charge is 0.478 e. The number of benzene rings is 1. The van der Waals surface area contributed by atoms with Crippen LogP contribution >= 0.6 is 0 Å². The molecule has 1 heterocycles. The molecular weight excluding hydrogens is 270 g/mol. The zero-order chi connectivity index (χ0) is 15.4. The van der Waals surface area contributed by atoms with Gasteiger partial charge in [0.05, 0.1) is 12.2 Å². The standard InChI is InChI=1S/C15H17N3O3/c1-4-21-14-8-13(16-10(3)17-14)18-11-5-6-12(15(19)20)9(2)7-11/h5-8H,4H2,1-3H3,(H,19,20)(H,16,17,18). The van der Waals surface area contributed by atoms with E-state index in [9.17, 15) is 4.79 Å². The number of hydrogen-bond donors (Lipinski definition) is 2. The minimum absolute atomic E-state index is 0.287. The number of rotatable bonds is 5. The Morgan fingerprint density at radius 1 is 1.29 bits per heavy atom. The van der Waals surface area contributed by atoms with Gasteiger partial charge in [-0.25, -0.2) is 9.78 Å². The van der Waals surface area contributed by atoms with Crippen LogP contribution in [0.1, 0.15) is 28.7 Å². The van der Waals surface area contributed by atoms with Crippen LogP contribution in [0.2, 0.25) is 0 Å². The van der Waals surface area contributed by atoms with E-state index < -0.39 is 5.97 Å². The minimum atomic E-state index is -0.935. The van der Waals surface area contributed by atoms with Crippen molar-refractivity contribution in [3.63, 3.8) is 0 Å². The summed E-state index contributed by atoms with van der Waals surface area (Å²) in [6, 6.07) is 6.74. The lowest BCUT2D eigenvalue weighted by Crippen LogP contribution is -2.03. The van der Waals surface area contributed by atoms with Crippen molar-refractivity contribution in [2.45, 2.75) is 20.8 Å². The summed E-state index contributed by atoms with van der Waals surface area (Å²) in [5, 5.41) is 12.1. The SMILES string of the molecule is CCOc1cc(Nc2ccc(C(=O)O)c(C)c2)nc(C)n1. The average molecular weight is 287 g/mol. The van der Waals surface area contributed by atoms with Gasteiger partial charge < -0.3 is 15.2 Å². The molecule has 0 bridgehead atoms. The molecule has 1 aromatic carbocycles. The lowest BCUT2D eigenvalue weighted by atomic mass is 10.1. The Kier molecular flexibility index (Phi) is 4.37. The summed E-state index contributed by atoms with van der Waals surface area (Å²) >= 11 is 0. The van der Waals surface area contributed by atoms with Gasteiger partial charge in [0.15, 0.2) is 0 Å². The molecule has 1 aromatic heterocycles. The smallest absolute Gasteiger partial charge is 0.335 e. The predicted octanol–water partition coefficient (Wildman–Crippen LogP) is 2.93. The highest BCUT2D eigenvalue weighted by Gasteiger charge is 2.08. The molecular formula is C15H17N3O3. The van der Waals surface area contributed by atoms with Gasteiger partial charge in [0.1, 0.15) is 11.6 Å². The number of anilines is 2. The Morgan fingerprint density at radius 2 is 2.05 bits per heavy atom. The number of aromatic carboxylic acids is 1. The van der Waals surface area contributed by atoms with Crippen molar-refractivity contribution in [3.05, 3.63) is 41.2 Å². The summed E-state index contributed by atoms with van der Waals surface area (Å²) in [6.07, 6.45) is 0. The molecule has 0 saturated carbocycles. The molecule has 0 amide bonds. The number of nitrogens with one attached hydrogen (secondary N) is 1. The monoisotopic (exact) mass is 287 g/mol. The third-order valence-corrected chi connectivity index (χ3v) is 2.84. The van der Waals surface area contributed by atoms with Crippen molar-refractivity contribution < 1.29 is 14.6 Å². The minimum Gasteiger partial charge on any atom is -0.478 e. The van der Waals surface area contributed by atoms with Crippen LogP contribution in [-0.2, 0) is 0 Å². The number of aryl methyl sites for hydroxylation is 2. The number of nitrogens with zero attached hydrogens (tertiary/aromatic N) is 2. The first-order valence-corrected chi connectivity index (χ1v) is 6.59. The molecule has 0 fully saturated rings. The number of carboxylic acid groups (broad SMARTS) is 1. The fraction of sp³-hybridized carbons (Fsp3) is 0.267. The van der Waals surface area contributed by atoms with Gasteiger partial charge in [-0.3, -0.25) is 0 Å². The summed E-state index contributed by atoms with van der Waals surface area (Å²) in [5.41, 5.74) is 1.73. The Bertz CT molecular complexity index is 671. The summed E-state index contributed by atoms with van der Waals surface area (Å²) < 4.78 is 5.37. The molecule has 0 unspecified atom stereocenters. The average Bonchev–Trinajstić information content (AvgIpc) is 2.37. The maximum Gasteiger partial charge on any atom is 0.335 e. The van der Waals surface area contributed by atoms with E-state index in [0.717, 1.165) is 5.69 Å². The molecule has 0 radical (unpaired) electrons. The van der Waals surface area contributed by atoms with Crippen LogP contribution in [0.3, 0.4) is 0 Å². The Balaban J connectivity index is 2.25. The van der Waals surface area contributed by atoms with Gasteiger partial charge >= 0.3 is 5.97 Å². The van der Waals surface area contributed by atoms with Crippen molar-refractivity contribution in [1.29, 1.82) is 0 Å². The highest BCUT2D eigenvalue weighted by Crippen LogP contribution is 2.21. The first-order chi connectivity index (χ1) is 9.99. The molecule has 0 spiro atoms. The highest BCUT2D eigenvalue weighted by atomic mass is 16.5. The summed E-state index contributed by atoms with van der Waals surface area (Å²) in [4.78, 5) is 19.4. The first kappa shape index (κ1) is 14.8. The number of carbonyl (C=O) groups is 1. The van der Waals surface area contributed by atoms with Crippen LogP contribution < -0.4 is 10.1 Å². The lowest BCUT2D eigenvalue weighted by molar-refractivity contribution is 0.0696. The predicted molar refractivity (Wildman–Crippen MR) is 79.4 cm³/mol. The molecule has 2 N–H and O–H groups in total. The van der Waals surface area contributed by atoms with Crippen LogP contribution in [0.15, 0.2) is 24.3 Å². The molecule has 110 valence electrons. The van der Waals surface area contributed by atoms with E-state index in [1.54, 1.807) is 38.1 Å². The third-order valence-electron chi connectivity index (χ3n) is 2.84. The molecule has 21 heavy (non-hydrogen) atoms. The van der Waals surface area contributed by atoms with E-state index in [1.165, 1.54) is 0 Å². The molecule has 6 nitrogen and oxygen atoms in total. The molecule has 0 aliphatic rings. The van der Waals surface area contributed by atoms with Crippen molar-refractivity contribution in [2.24, 2.45) is 0 Å². The molecule has 6 heteroatoms. The molecule has 0 atom stereocenters. The van der Waals surface area contributed by atoms with Gasteiger partial charge in [-0.05, 0) is 44.5 Å². The zero-order valence-corrected chi connectivity index (χ0v) is 12.2. The summed E-state index contributed by atoms with van der Waals surface area (Å²) in [6.45, 7) is 5.96. The second-order valence-electron chi connectivity index (χ2n) is 4.53. The van der Waals surface area contributed by atoms with Gasteiger partial charge in [0.25, 0.3) is 0 Å². The highest BCUT2D eigenvalue weighted by molar-refractivity contribution is 5.90. The van der Waals surface area contributed by atoms with E-state index in [1.807, 2.05) is 6.92 Å². The normalized spacial score (nSPS) is 10.2. The molecule has 0 aliphatic heterocycles. The quantitative estimate of drug-likeness (QED) is 0.879. The summed E-state index contributed by atoms with van der Waals surface area (Å²) in [7, 11) is 0. The van der Waals surface area contributed by atoms with Crippen molar-refractivity contribution in [2.75, 3.05) is 11.9 Å². The van der Waals surface area contributed by atoms with Gasteiger partial charge in [0.2, 0.25) is 5.88 Å². The second kappa shape index (κ2) is 6.21. The first-order valence-electron chi connectivity index (χ1n) is 6.59. The van der Waals surface area contributed by atoms with Crippen LogP contribution in [0.25, 0.3) is 0 Å². The second-order valence-corrected chi connectivity index (χ2v) is 4.53. The Hall–Kier alpha value is -2.63. The van der Waals surface area contributed by atoms with Gasteiger partial charge in [-0.15, -0.1) is 0 Å². The Morgan fingerprint density at radius 3 is 2.67 bits per heavy atom. The lowest BCUT2D eigenvalue weighted by Gasteiger charge is -2.10. The van der Waals surface area contributed by atoms with Gasteiger partial charge in [-0.1, -0.05) is 0 Å². The number of hydrogen-bond acceptors (Lipinski definition) is 5. The molecule has 2 aromatic rings. The van der Waals surface area contributed by atoms with Crippen molar-refractivity contribution in [3.8, 4) is 5.88 Å². The van der Waals surface area contributed by atoms with Crippen LogP contribution in [0.5, 0.6) is 5.88 Å². The maximum atomic E-state index is 11.0. The van der Waals surface area contributed by atoms with Gasteiger partial charge in [0, 0.05) is 11.8 Å². The van der Waals surface area contributed by atoms with E-state index in [2.05, 4.69) is 15.3 Å². The van der Waals surface area contributed by atoms with Gasteiger partial charge in [-0.2, -0.15) is 4.98 Å². The van der Waals surface area contributed by atoms with Crippen LogP contribution in [0, 0.1) is 13.8 Å². The van der Waals surface area contributed by atoms with E-state index in [4.69, 9.17) is 9.84 Å².